The third kappa shape index (κ3) is 5.37. The highest BCUT2D eigenvalue weighted by molar-refractivity contribution is 5.74. The van der Waals surface area contributed by atoms with Gasteiger partial charge in [-0.05, 0) is 69.3 Å². The number of likely N-dealkylation sites (tertiary alicyclic amines) is 2. The molecule has 2 aliphatic rings. The van der Waals surface area contributed by atoms with Crippen LogP contribution in [-0.4, -0.2) is 54.7 Å². The van der Waals surface area contributed by atoms with Crippen LogP contribution in [0, 0.1) is 0 Å². The van der Waals surface area contributed by atoms with E-state index in [2.05, 4.69) is 22.0 Å². The van der Waals surface area contributed by atoms with Gasteiger partial charge in [0, 0.05) is 25.7 Å². The quantitative estimate of drug-likeness (QED) is 0.808. The SMILES string of the molecule is CCCOc1cccc(CNC(=O)N2CCCCC2CN2CCCC2)c1. The summed E-state index contributed by atoms with van der Waals surface area (Å²) in [5.74, 6) is 0.878. The number of piperidine rings is 1. The van der Waals surface area contributed by atoms with E-state index in [1.54, 1.807) is 0 Å². The van der Waals surface area contributed by atoms with E-state index >= 15 is 0 Å². The summed E-state index contributed by atoms with van der Waals surface area (Å²) in [6, 6.07) is 8.46. The summed E-state index contributed by atoms with van der Waals surface area (Å²) in [4.78, 5) is 17.4. The number of carbonyl (C=O) groups is 1. The summed E-state index contributed by atoms with van der Waals surface area (Å²) < 4.78 is 5.68. The molecule has 26 heavy (non-hydrogen) atoms. The van der Waals surface area contributed by atoms with Crippen molar-refractivity contribution in [3.8, 4) is 5.75 Å². The van der Waals surface area contributed by atoms with Crippen LogP contribution in [0.3, 0.4) is 0 Å². The molecule has 1 N–H and O–H groups in total. The number of nitrogens with zero attached hydrogens (tertiary/aromatic N) is 2. The first kappa shape index (κ1) is 19.0. The zero-order valence-corrected chi connectivity index (χ0v) is 16.1. The molecule has 1 unspecified atom stereocenters. The second kappa shape index (κ2) is 9.81. The minimum absolute atomic E-state index is 0.0776. The summed E-state index contributed by atoms with van der Waals surface area (Å²) >= 11 is 0. The Morgan fingerprint density at radius 2 is 2.00 bits per heavy atom. The zero-order chi connectivity index (χ0) is 18.2. The van der Waals surface area contributed by atoms with Gasteiger partial charge < -0.3 is 19.9 Å². The fourth-order valence-corrected chi connectivity index (χ4v) is 3.97. The highest BCUT2D eigenvalue weighted by Gasteiger charge is 2.28. The van der Waals surface area contributed by atoms with Gasteiger partial charge in [0.2, 0.25) is 0 Å². The van der Waals surface area contributed by atoms with Crippen LogP contribution in [0.1, 0.15) is 51.0 Å². The molecule has 0 spiro atoms. The predicted molar refractivity (Wildman–Crippen MR) is 104 cm³/mol. The second-order valence-electron chi connectivity index (χ2n) is 7.51. The van der Waals surface area contributed by atoms with Crippen LogP contribution < -0.4 is 10.1 Å². The standard InChI is InChI=1S/C21H33N3O2/c1-2-14-26-20-10-7-8-18(15-20)16-22-21(25)24-13-4-3-9-19(24)17-23-11-5-6-12-23/h7-8,10,15,19H,2-6,9,11-14,16-17H2,1H3,(H,22,25). The maximum absolute atomic E-state index is 12.8. The molecule has 3 rings (SSSR count). The molecule has 5 heteroatoms. The minimum Gasteiger partial charge on any atom is -0.494 e. The Kier molecular flexibility index (Phi) is 7.18. The van der Waals surface area contributed by atoms with E-state index < -0.39 is 0 Å². The molecule has 0 bridgehead atoms. The first-order valence-electron chi connectivity index (χ1n) is 10.2. The van der Waals surface area contributed by atoms with Crippen molar-refractivity contribution in [1.29, 1.82) is 0 Å². The molecular weight excluding hydrogens is 326 g/mol. The number of benzene rings is 1. The average molecular weight is 360 g/mol. The van der Waals surface area contributed by atoms with Gasteiger partial charge in [-0.25, -0.2) is 4.79 Å². The Balaban J connectivity index is 1.52. The molecule has 0 radical (unpaired) electrons. The number of ether oxygens (including phenoxy) is 1. The maximum Gasteiger partial charge on any atom is 0.317 e. The molecule has 0 aliphatic carbocycles. The van der Waals surface area contributed by atoms with E-state index in [0.29, 0.717) is 12.6 Å². The highest BCUT2D eigenvalue weighted by Crippen LogP contribution is 2.20. The Hall–Kier alpha value is -1.75. The summed E-state index contributed by atoms with van der Waals surface area (Å²) in [6.07, 6.45) is 7.08. The Morgan fingerprint density at radius 3 is 2.81 bits per heavy atom. The van der Waals surface area contributed by atoms with Gasteiger partial charge >= 0.3 is 6.03 Å². The second-order valence-corrected chi connectivity index (χ2v) is 7.51. The molecule has 0 aromatic heterocycles. The largest absolute Gasteiger partial charge is 0.494 e. The van der Waals surface area contributed by atoms with E-state index in [1.165, 1.54) is 32.4 Å². The van der Waals surface area contributed by atoms with Crippen molar-refractivity contribution in [1.82, 2.24) is 15.1 Å². The lowest BCUT2D eigenvalue weighted by atomic mass is 10.0. The number of urea groups is 1. The van der Waals surface area contributed by atoms with Gasteiger partial charge in [0.25, 0.3) is 0 Å². The van der Waals surface area contributed by atoms with Gasteiger partial charge in [-0.1, -0.05) is 19.1 Å². The Labute approximate surface area is 157 Å². The molecule has 2 saturated heterocycles. The van der Waals surface area contributed by atoms with E-state index in [9.17, 15) is 4.79 Å². The predicted octanol–water partition coefficient (Wildman–Crippen LogP) is 3.64. The molecule has 144 valence electrons. The molecule has 2 amide bonds. The third-order valence-electron chi connectivity index (χ3n) is 5.37. The van der Waals surface area contributed by atoms with Crippen molar-refractivity contribution in [3.05, 3.63) is 29.8 Å². The first-order chi connectivity index (χ1) is 12.8. The van der Waals surface area contributed by atoms with Gasteiger partial charge in [0.05, 0.1) is 6.61 Å². The number of amides is 2. The van der Waals surface area contributed by atoms with Crippen LogP contribution in [0.4, 0.5) is 4.79 Å². The highest BCUT2D eigenvalue weighted by atomic mass is 16.5. The zero-order valence-electron chi connectivity index (χ0n) is 16.1. The molecule has 2 heterocycles. The summed E-state index contributed by atoms with van der Waals surface area (Å²) in [6.45, 7) is 7.67. The fourth-order valence-electron chi connectivity index (χ4n) is 3.97. The Morgan fingerprint density at radius 1 is 1.19 bits per heavy atom. The maximum atomic E-state index is 12.8. The molecule has 1 aromatic carbocycles. The normalized spacial score (nSPS) is 21.0. The van der Waals surface area contributed by atoms with E-state index in [4.69, 9.17) is 4.74 Å². The van der Waals surface area contributed by atoms with Crippen LogP contribution >= 0.6 is 0 Å². The Bertz CT molecular complexity index is 572. The van der Waals surface area contributed by atoms with E-state index in [1.807, 2.05) is 24.3 Å². The molecule has 0 saturated carbocycles. The van der Waals surface area contributed by atoms with Crippen molar-refractivity contribution in [2.75, 3.05) is 32.8 Å². The van der Waals surface area contributed by atoms with Crippen LogP contribution in [0.25, 0.3) is 0 Å². The van der Waals surface area contributed by atoms with Crippen molar-refractivity contribution >= 4 is 6.03 Å². The number of carbonyl (C=O) groups excluding carboxylic acids is 1. The van der Waals surface area contributed by atoms with Gasteiger partial charge in [-0.3, -0.25) is 0 Å². The van der Waals surface area contributed by atoms with Gasteiger partial charge in [0.1, 0.15) is 5.75 Å². The van der Waals surface area contributed by atoms with Crippen LogP contribution in [-0.2, 0) is 6.54 Å². The van der Waals surface area contributed by atoms with Crippen molar-refractivity contribution in [2.45, 2.75) is 58.0 Å². The molecule has 5 nitrogen and oxygen atoms in total. The number of nitrogens with one attached hydrogen (secondary N) is 1. The fraction of sp³-hybridized carbons (Fsp3) is 0.667. The van der Waals surface area contributed by atoms with E-state index in [-0.39, 0.29) is 6.03 Å². The van der Waals surface area contributed by atoms with Crippen LogP contribution in [0.5, 0.6) is 5.75 Å². The lowest BCUT2D eigenvalue weighted by Gasteiger charge is -2.37. The van der Waals surface area contributed by atoms with Gasteiger partial charge in [-0.2, -0.15) is 0 Å². The third-order valence-corrected chi connectivity index (χ3v) is 5.37. The molecule has 1 atom stereocenters. The van der Waals surface area contributed by atoms with Crippen LogP contribution in [0.15, 0.2) is 24.3 Å². The summed E-state index contributed by atoms with van der Waals surface area (Å²) in [7, 11) is 0. The van der Waals surface area contributed by atoms with Crippen molar-refractivity contribution < 1.29 is 9.53 Å². The lowest BCUT2D eigenvalue weighted by Crippen LogP contribution is -2.52. The number of rotatable bonds is 7. The van der Waals surface area contributed by atoms with Gasteiger partial charge in [0.15, 0.2) is 0 Å². The topological polar surface area (TPSA) is 44.8 Å². The van der Waals surface area contributed by atoms with Gasteiger partial charge in [-0.15, -0.1) is 0 Å². The van der Waals surface area contributed by atoms with Crippen LogP contribution in [0.2, 0.25) is 0 Å². The molecule has 1 aromatic rings. The smallest absolute Gasteiger partial charge is 0.317 e. The first-order valence-corrected chi connectivity index (χ1v) is 10.2. The lowest BCUT2D eigenvalue weighted by molar-refractivity contribution is 0.127. The van der Waals surface area contributed by atoms with Crippen molar-refractivity contribution in [2.24, 2.45) is 0 Å². The summed E-state index contributed by atoms with van der Waals surface area (Å²) in [5, 5.41) is 3.12. The molecule has 2 fully saturated rings. The van der Waals surface area contributed by atoms with E-state index in [0.717, 1.165) is 50.3 Å². The summed E-state index contributed by atoms with van der Waals surface area (Å²) in [5.41, 5.74) is 1.08. The number of hydrogen-bond acceptors (Lipinski definition) is 3. The minimum atomic E-state index is 0.0776. The van der Waals surface area contributed by atoms with Crippen molar-refractivity contribution in [3.63, 3.8) is 0 Å². The monoisotopic (exact) mass is 359 g/mol. The number of hydrogen-bond donors (Lipinski definition) is 1. The average Bonchev–Trinajstić information content (AvgIpc) is 3.18. The molecular formula is C21H33N3O2. The molecule has 2 aliphatic heterocycles.